The average Bonchev–Trinajstić information content (AvgIpc) is 3.13. The predicted octanol–water partition coefficient (Wildman–Crippen LogP) is 0.970. The van der Waals surface area contributed by atoms with Gasteiger partial charge >= 0.3 is 11.8 Å². The summed E-state index contributed by atoms with van der Waals surface area (Å²) in [6, 6.07) is 7.54. The van der Waals surface area contributed by atoms with Gasteiger partial charge in [-0.1, -0.05) is 6.07 Å². The van der Waals surface area contributed by atoms with Crippen molar-refractivity contribution < 1.29 is 9.59 Å². The summed E-state index contributed by atoms with van der Waals surface area (Å²) in [6.07, 6.45) is 1.93. The normalized spacial score (nSPS) is 13.9. The van der Waals surface area contributed by atoms with Gasteiger partial charge in [-0.3, -0.25) is 9.59 Å². The van der Waals surface area contributed by atoms with Crippen molar-refractivity contribution in [3.8, 4) is 0 Å². The smallest absolute Gasteiger partial charge is 0.313 e. The summed E-state index contributed by atoms with van der Waals surface area (Å²) in [6.45, 7) is 0. The van der Waals surface area contributed by atoms with Crippen molar-refractivity contribution in [1.82, 2.24) is 5.32 Å². The molecule has 0 unspecified atom stereocenters. The van der Waals surface area contributed by atoms with Crippen LogP contribution in [0.15, 0.2) is 24.3 Å². The van der Waals surface area contributed by atoms with Gasteiger partial charge in [0.25, 0.3) is 0 Å². The molecular formula is C13H17N3O2. The van der Waals surface area contributed by atoms with Crippen molar-refractivity contribution in [3.63, 3.8) is 0 Å². The van der Waals surface area contributed by atoms with E-state index in [-0.39, 0.29) is 6.04 Å². The SMILES string of the molecule is CN(C)c1cccc(NC(=O)C(=O)NC2CC2)c1. The third-order valence-corrected chi connectivity index (χ3v) is 2.74. The van der Waals surface area contributed by atoms with Gasteiger partial charge < -0.3 is 15.5 Å². The molecule has 1 fully saturated rings. The number of carbonyl (C=O) groups excluding carboxylic acids is 2. The maximum Gasteiger partial charge on any atom is 0.313 e. The minimum atomic E-state index is -0.613. The van der Waals surface area contributed by atoms with E-state index >= 15 is 0 Å². The fourth-order valence-corrected chi connectivity index (χ4v) is 1.53. The Bertz CT molecular complexity index is 467. The Morgan fingerprint density at radius 3 is 2.56 bits per heavy atom. The lowest BCUT2D eigenvalue weighted by Crippen LogP contribution is -2.36. The summed E-state index contributed by atoms with van der Waals surface area (Å²) >= 11 is 0. The number of hydrogen-bond acceptors (Lipinski definition) is 3. The molecule has 2 amide bonds. The van der Waals surface area contributed by atoms with Crippen molar-refractivity contribution in [1.29, 1.82) is 0 Å². The molecule has 1 aliphatic carbocycles. The molecule has 2 N–H and O–H groups in total. The van der Waals surface area contributed by atoms with Gasteiger partial charge in [0.1, 0.15) is 0 Å². The van der Waals surface area contributed by atoms with Crippen molar-refractivity contribution >= 4 is 23.2 Å². The molecule has 0 bridgehead atoms. The molecule has 0 atom stereocenters. The van der Waals surface area contributed by atoms with Gasteiger partial charge in [-0.05, 0) is 31.0 Å². The van der Waals surface area contributed by atoms with Gasteiger partial charge in [0.05, 0.1) is 0 Å². The van der Waals surface area contributed by atoms with Crippen molar-refractivity contribution in [2.45, 2.75) is 18.9 Å². The van der Waals surface area contributed by atoms with Gasteiger partial charge in [0.2, 0.25) is 0 Å². The predicted molar refractivity (Wildman–Crippen MR) is 70.6 cm³/mol. The van der Waals surface area contributed by atoms with Gasteiger partial charge in [0.15, 0.2) is 0 Å². The maximum atomic E-state index is 11.6. The van der Waals surface area contributed by atoms with Crippen LogP contribution in [0.5, 0.6) is 0 Å². The van der Waals surface area contributed by atoms with E-state index in [9.17, 15) is 9.59 Å². The topological polar surface area (TPSA) is 61.4 Å². The third kappa shape index (κ3) is 3.23. The number of amides is 2. The molecule has 96 valence electrons. The highest BCUT2D eigenvalue weighted by molar-refractivity contribution is 6.39. The second kappa shape index (κ2) is 5.08. The van der Waals surface area contributed by atoms with Crippen LogP contribution in [0.1, 0.15) is 12.8 Å². The molecule has 2 rings (SSSR count). The average molecular weight is 247 g/mol. The Hall–Kier alpha value is -2.04. The van der Waals surface area contributed by atoms with Crippen LogP contribution in [-0.2, 0) is 9.59 Å². The first kappa shape index (κ1) is 12.4. The molecule has 0 saturated heterocycles. The molecule has 18 heavy (non-hydrogen) atoms. The Morgan fingerprint density at radius 2 is 1.94 bits per heavy atom. The van der Waals surface area contributed by atoms with Crippen molar-refractivity contribution in [2.75, 3.05) is 24.3 Å². The zero-order valence-corrected chi connectivity index (χ0v) is 10.6. The molecule has 5 heteroatoms. The van der Waals surface area contributed by atoms with Crippen LogP contribution in [0.25, 0.3) is 0 Å². The highest BCUT2D eigenvalue weighted by Crippen LogP contribution is 2.19. The molecule has 0 radical (unpaired) electrons. The molecule has 0 heterocycles. The van der Waals surface area contributed by atoms with Gasteiger partial charge in [0, 0.05) is 31.5 Å². The van der Waals surface area contributed by atoms with Crippen LogP contribution in [0.2, 0.25) is 0 Å². The number of anilines is 2. The fourth-order valence-electron chi connectivity index (χ4n) is 1.53. The van der Waals surface area contributed by atoms with Crippen LogP contribution in [0.3, 0.4) is 0 Å². The highest BCUT2D eigenvalue weighted by atomic mass is 16.2. The lowest BCUT2D eigenvalue weighted by atomic mass is 10.2. The number of benzene rings is 1. The lowest BCUT2D eigenvalue weighted by molar-refractivity contribution is -0.136. The molecular weight excluding hydrogens is 230 g/mol. The maximum absolute atomic E-state index is 11.6. The molecule has 1 aromatic carbocycles. The summed E-state index contributed by atoms with van der Waals surface area (Å²) in [5, 5.41) is 5.24. The van der Waals surface area contributed by atoms with Crippen molar-refractivity contribution in [2.24, 2.45) is 0 Å². The zero-order chi connectivity index (χ0) is 13.1. The summed E-state index contributed by atoms with van der Waals surface area (Å²) in [4.78, 5) is 25.0. The Morgan fingerprint density at radius 1 is 1.22 bits per heavy atom. The summed E-state index contributed by atoms with van der Waals surface area (Å²) < 4.78 is 0. The zero-order valence-electron chi connectivity index (χ0n) is 10.6. The van der Waals surface area contributed by atoms with E-state index in [1.807, 2.05) is 37.2 Å². The van der Waals surface area contributed by atoms with E-state index in [4.69, 9.17) is 0 Å². The number of nitrogens with one attached hydrogen (secondary N) is 2. The molecule has 0 aliphatic heterocycles. The second-order valence-corrected chi connectivity index (χ2v) is 4.65. The number of carbonyl (C=O) groups is 2. The molecule has 1 aliphatic rings. The van der Waals surface area contributed by atoms with Gasteiger partial charge in [-0.15, -0.1) is 0 Å². The highest BCUT2D eigenvalue weighted by Gasteiger charge is 2.26. The Kier molecular flexibility index (Phi) is 3.50. The lowest BCUT2D eigenvalue weighted by Gasteiger charge is -2.13. The van der Waals surface area contributed by atoms with Gasteiger partial charge in [-0.2, -0.15) is 0 Å². The first-order chi connectivity index (χ1) is 8.56. The van der Waals surface area contributed by atoms with E-state index in [0.717, 1.165) is 18.5 Å². The van der Waals surface area contributed by atoms with E-state index < -0.39 is 11.8 Å². The summed E-state index contributed by atoms with van der Waals surface area (Å²) in [5.74, 6) is -1.18. The van der Waals surface area contributed by atoms with Crippen LogP contribution in [0.4, 0.5) is 11.4 Å². The molecule has 0 spiro atoms. The first-order valence-corrected chi connectivity index (χ1v) is 5.95. The number of hydrogen-bond donors (Lipinski definition) is 2. The fraction of sp³-hybridized carbons (Fsp3) is 0.385. The number of rotatable bonds is 3. The molecule has 5 nitrogen and oxygen atoms in total. The molecule has 1 saturated carbocycles. The van der Waals surface area contributed by atoms with Gasteiger partial charge in [-0.25, -0.2) is 0 Å². The largest absolute Gasteiger partial charge is 0.378 e. The van der Waals surface area contributed by atoms with E-state index in [1.54, 1.807) is 6.07 Å². The third-order valence-electron chi connectivity index (χ3n) is 2.74. The quantitative estimate of drug-likeness (QED) is 0.782. The minimum Gasteiger partial charge on any atom is -0.378 e. The minimum absolute atomic E-state index is 0.191. The van der Waals surface area contributed by atoms with E-state index in [2.05, 4.69) is 10.6 Å². The van der Waals surface area contributed by atoms with Crippen molar-refractivity contribution in [3.05, 3.63) is 24.3 Å². The Balaban J connectivity index is 1.97. The van der Waals surface area contributed by atoms with Crippen LogP contribution in [-0.4, -0.2) is 32.0 Å². The molecule has 0 aromatic heterocycles. The van der Waals surface area contributed by atoms with E-state index in [1.165, 1.54) is 0 Å². The summed E-state index contributed by atoms with van der Waals surface area (Å²) in [5.41, 5.74) is 1.59. The van der Waals surface area contributed by atoms with Crippen LogP contribution in [0, 0.1) is 0 Å². The van der Waals surface area contributed by atoms with Crippen LogP contribution < -0.4 is 15.5 Å². The molecule has 1 aromatic rings. The standard InChI is InChI=1S/C13H17N3O2/c1-16(2)11-5-3-4-10(8-11)15-13(18)12(17)14-9-6-7-9/h3-5,8-9H,6-7H2,1-2H3,(H,14,17)(H,15,18). The number of nitrogens with zero attached hydrogens (tertiary/aromatic N) is 1. The van der Waals surface area contributed by atoms with Crippen LogP contribution >= 0.6 is 0 Å². The monoisotopic (exact) mass is 247 g/mol. The second-order valence-electron chi connectivity index (χ2n) is 4.65. The Labute approximate surface area is 106 Å². The first-order valence-electron chi connectivity index (χ1n) is 5.95. The summed E-state index contributed by atoms with van der Waals surface area (Å²) in [7, 11) is 3.83. The van der Waals surface area contributed by atoms with E-state index in [0.29, 0.717) is 5.69 Å².